The van der Waals surface area contributed by atoms with Crippen LogP contribution in [0.25, 0.3) is 11.4 Å². The lowest BCUT2D eigenvalue weighted by molar-refractivity contribution is -0.117. The number of carbonyl (C=O) groups excluding carboxylic acids is 1. The second-order valence-corrected chi connectivity index (χ2v) is 5.53. The largest absolute Gasteiger partial charge is 0.323 e. The van der Waals surface area contributed by atoms with Gasteiger partial charge in [0.1, 0.15) is 6.54 Å². The SMILES string of the molecule is O=C(Cn1nnc(-c2cccc(Cl)c2)n1)Nc1ccccc1Cl. The Labute approximate surface area is 142 Å². The van der Waals surface area contributed by atoms with E-state index in [4.69, 9.17) is 23.2 Å². The van der Waals surface area contributed by atoms with E-state index in [1.165, 1.54) is 4.80 Å². The van der Waals surface area contributed by atoms with Gasteiger partial charge in [-0.2, -0.15) is 4.80 Å². The molecule has 116 valence electrons. The topological polar surface area (TPSA) is 72.7 Å². The monoisotopic (exact) mass is 347 g/mol. The lowest BCUT2D eigenvalue weighted by atomic mass is 10.2. The molecular formula is C15H11Cl2N5O. The Bertz CT molecular complexity index is 849. The number of halogens is 2. The van der Waals surface area contributed by atoms with Crippen LogP contribution in [0.5, 0.6) is 0 Å². The van der Waals surface area contributed by atoms with Crippen molar-refractivity contribution in [2.24, 2.45) is 0 Å². The number of nitrogens with zero attached hydrogens (tertiary/aromatic N) is 4. The standard InChI is InChI=1S/C15H11Cl2N5O/c16-11-5-3-4-10(8-11)15-19-21-22(20-15)9-14(23)18-13-7-2-1-6-12(13)17/h1-8H,9H2,(H,18,23). The van der Waals surface area contributed by atoms with Gasteiger partial charge in [-0.25, -0.2) is 0 Å². The van der Waals surface area contributed by atoms with E-state index in [1.54, 1.807) is 42.5 Å². The van der Waals surface area contributed by atoms with Crippen LogP contribution in [0.4, 0.5) is 5.69 Å². The molecule has 3 aromatic rings. The van der Waals surface area contributed by atoms with Gasteiger partial charge in [-0.15, -0.1) is 10.2 Å². The van der Waals surface area contributed by atoms with E-state index in [1.807, 2.05) is 6.07 Å². The quantitative estimate of drug-likeness (QED) is 0.785. The Morgan fingerprint density at radius 2 is 1.96 bits per heavy atom. The van der Waals surface area contributed by atoms with Crippen LogP contribution < -0.4 is 5.32 Å². The van der Waals surface area contributed by atoms with Gasteiger partial charge in [-0.3, -0.25) is 4.79 Å². The van der Waals surface area contributed by atoms with E-state index in [0.717, 1.165) is 5.56 Å². The minimum absolute atomic E-state index is 0.0706. The number of hydrogen-bond acceptors (Lipinski definition) is 4. The lowest BCUT2D eigenvalue weighted by Gasteiger charge is -2.05. The van der Waals surface area contributed by atoms with Crippen LogP contribution in [0.15, 0.2) is 48.5 Å². The summed E-state index contributed by atoms with van der Waals surface area (Å²) in [5, 5.41) is 15.7. The summed E-state index contributed by atoms with van der Waals surface area (Å²) in [4.78, 5) is 13.2. The molecule has 1 N–H and O–H groups in total. The van der Waals surface area contributed by atoms with E-state index >= 15 is 0 Å². The molecule has 0 spiro atoms. The average molecular weight is 348 g/mol. The van der Waals surface area contributed by atoms with Gasteiger partial charge in [0, 0.05) is 10.6 Å². The number of hydrogen-bond donors (Lipinski definition) is 1. The third-order valence-corrected chi connectivity index (χ3v) is 3.53. The number of aromatic nitrogens is 4. The molecule has 0 aliphatic carbocycles. The first kappa shape index (κ1) is 15.5. The zero-order valence-electron chi connectivity index (χ0n) is 11.8. The molecule has 0 saturated heterocycles. The van der Waals surface area contributed by atoms with Crippen LogP contribution in [-0.4, -0.2) is 26.1 Å². The van der Waals surface area contributed by atoms with Gasteiger partial charge in [0.25, 0.3) is 0 Å². The van der Waals surface area contributed by atoms with E-state index in [-0.39, 0.29) is 12.5 Å². The van der Waals surface area contributed by atoms with Crippen molar-refractivity contribution in [3.8, 4) is 11.4 Å². The second kappa shape index (κ2) is 6.76. The molecule has 0 aliphatic heterocycles. The van der Waals surface area contributed by atoms with E-state index in [9.17, 15) is 4.79 Å². The molecule has 2 aromatic carbocycles. The first-order valence-corrected chi connectivity index (χ1v) is 7.45. The Kier molecular flexibility index (Phi) is 4.55. The summed E-state index contributed by atoms with van der Waals surface area (Å²) >= 11 is 11.9. The molecule has 1 aromatic heterocycles. The summed E-state index contributed by atoms with van der Waals surface area (Å²) < 4.78 is 0. The zero-order valence-corrected chi connectivity index (χ0v) is 13.3. The van der Waals surface area contributed by atoms with Gasteiger partial charge in [0.15, 0.2) is 0 Å². The Morgan fingerprint density at radius 3 is 2.74 bits per heavy atom. The molecule has 0 aliphatic rings. The van der Waals surface area contributed by atoms with Gasteiger partial charge < -0.3 is 5.32 Å². The van der Waals surface area contributed by atoms with Crippen molar-refractivity contribution in [3.63, 3.8) is 0 Å². The van der Waals surface area contributed by atoms with Crippen LogP contribution in [0.3, 0.4) is 0 Å². The molecule has 0 saturated carbocycles. The highest BCUT2D eigenvalue weighted by Gasteiger charge is 2.10. The molecule has 0 fully saturated rings. The van der Waals surface area contributed by atoms with Crippen molar-refractivity contribution in [1.29, 1.82) is 0 Å². The molecule has 23 heavy (non-hydrogen) atoms. The van der Waals surface area contributed by atoms with E-state index in [2.05, 4.69) is 20.7 Å². The molecule has 8 heteroatoms. The smallest absolute Gasteiger partial charge is 0.248 e. The highest BCUT2D eigenvalue weighted by atomic mass is 35.5. The van der Waals surface area contributed by atoms with Gasteiger partial charge in [-0.05, 0) is 29.5 Å². The summed E-state index contributed by atoms with van der Waals surface area (Å²) in [6.45, 7) is -0.0706. The fourth-order valence-corrected chi connectivity index (χ4v) is 2.31. The van der Waals surface area contributed by atoms with Crippen LogP contribution in [0, 0.1) is 0 Å². The maximum absolute atomic E-state index is 12.0. The van der Waals surface area contributed by atoms with Gasteiger partial charge >= 0.3 is 0 Å². The van der Waals surface area contributed by atoms with Crippen molar-refractivity contribution >= 4 is 34.8 Å². The fourth-order valence-electron chi connectivity index (χ4n) is 1.93. The van der Waals surface area contributed by atoms with Gasteiger partial charge in [-0.1, -0.05) is 47.5 Å². The number of benzene rings is 2. The summed E-state index contributed by atoms with van der Waals surface area (Å²) in [6.07, 6.45) is 0. The predicted molar refractivity (Wildman–Crippen MR) is 88.3 cm³/mol. The molecule has 0 unspecified atom stereocenters. The van der Waals surface area contributed by atoms with Crippen molar-refractivity contribution in [3.05, 3.63) is 58.6 Å². The van der Waals surface area contributed by atoms with Crippen molar-refractivity contribution in [1.82, 2.24) is 20.2 Å². The number of tetrazole rings is 1. The number of rotatable bonds is 4. The van der Waals surface area contributed by atoms with Crippen molar-refractivity contribution < 1.29 is 4.79 Å². The summed E-state index contributed by atoms with van der Waals surface area (Å²) in [5.41, 5.74) is 1.27. The number of nitrogens with one attached hydrogen (secondary N) is 1. The molecule has 0 radical (unpaired) electrons. The van der Waals surface area contributed by atoms with E-state index < -0.39 is 0 Å². The number of para-hydroxylation sites is 1. The lowest BCUT2D eigenvalue weighted by Crippen LogP contribution is -2.20. The van der Waals surface area contributed by atoms with Crippen LogP contribution in [-0.2, 0) is 11.3 Å². The third kappa shape index (κ3) is 3.85. The van der Waals surface area contributed by atoms with Crippen LogP contribution in [0.1, 0.15) is 0 Å². The summed E-state index contributed by atoms with van der Waals surface area (Å²) in [5.74, 6) is 0.103. The normalized spacial score (nSPS) is 10.5. The number of anilines is 1. The van der Waals surface area contributed by atoms with Gasteiger partial charge in [0.05, 0.1) is 10.7 Å². The summed E-state index contributed by atoms with van der Waals surface area (Å²) in [7, 11) is 0. The van der Waals surface area contributed by atoms with Crippen molar-refractivity contribution in [2.45, 2.75) is 6.54 Å². The Morgan fingerprint density at radius 1 is 1.13 bits per heavy atom. The predicted octanol–water partition coefficient (Wildman–Crippen LogP) is 3.29. The second-order valence-electron chi connectivity index (χ2n) is 4.68. The third-order valence-electron chi connectivity index (χ3n) is 2.97. The average Bonchev–Trinajstić information content (AvgIpc) is 2.98. The molecule has 1 amide bonds. The van der Waals surface area contributed by atoms with Crippen LogP contribution >= 0.6 is 23.2 Å². The Balaban J connectivity index is 1.69. The number of carbonyl (C=O) groups is 1. The molecule has 6 nitrogen and oxygen atoms in total. The van der Waals surface area contributed by atoms with Crippen LogP contribution in [0.2, 0.25) is 10.0 Å². The first-order valence-electron chi connectivity index (χ1n) is 6.70. The molecule has 3 rings (SSSR count). The first-order chi connectivity index (χ1) is 11.1. The zero-order chi connectivity index (χ0) is 16.2. The molecule has 0 bridgehead atoms. The van der Waals surface area contributed by atoms with E-state index in [0.29, 0.717) is 21.6 Å². The fraction of sp³-hybridized carbons (Fsp3) is 0.0667. The highest BCUT2D eigenvalue weighted by Crippen LogP contribution is 2.20. The maximum Gasteiger partial charge on any atom is 0.248 e. The minimum atomic E-state index is -0.298. The molecule has 0 atom stereocenters. The Hall–Kier alpha value is -2.44. The number of amides is 1. The summed E-state index contributed by atoms with van der Waals surface area (Å²) in [6, 6.07) is 14.1. The maximum atomic E-state index is 12.0. The van der Waals surface area contributed by atoms with Gasteiger partial charge in [0.2, 0.25) is 11.7 Å². The van der Waals surface area contributed by atoms with Crippen molar-refractivity contribution in [2.75, 3.05) is 5.32 Å². The minimum Gasteiger partial charge on any atom is -0.323 e. The highest BCUT2D eigenvalue weighted by molar-refractivity contribution is 6.33. The molecule has 1 heterocycles. The molecular weight excluding hydrogens is 337 g/mol.